The van der Waals surface area contributed by atoms with Crippen molar-refractivity contribution >= 4 is 44.2 Å². The number of aryl methyl sites for hydroxylation is 1. The van der Waals surface area contributed by atoms with Crippen LogP contribution in [0, 0.1) is 6.92 Å². The average molecular weight is 367 g/mol. The number of amides is 1. The predicted molar refractivity (Wildman–Crippen MR) is 100 cm³/mol. The Labute approximate surface area is 151 Å². The number of benzene rings is 1. The van der Waals surface area contributed by atoms with Crippen LogP contribution in [0.5, 0.6) is 0 Å². The standard InChI is InChI=1S/C18H23ClN2O2S/c1-3-4-7-16(22)21(11-14-6-5-8-23-14)18-20-17-12(2)9-13(19)10-15(17)24-18/h9-10,14H,3-8,11H2,1-2H3. The van der Waals surface area contributed by atoms with Crippen LogP contribution in [-0.2, 0) is 9.53 Å². The Bertz CT molecular complexity index is 725. The summed E-state index contributed by atoms with van der Waals surface area (Å²) in [4.78, 5) is 19.3. The van der Waals surface area contributed by atoms with E-state index in [9.17, 15) is 4.79 Å². The summed E-state index contributed by atoms with van der Waals surface area (Å²) in [7, 11) is 0. The summed E-state index contributed by atoms with van der Waals surface area (Å²) >= 11 is 7.69. The van der Waals surface area contributed by atoms with Crippen LogP contribution in [-0.4, -0.2) is 30.1 Å². The van der Waals surface area contributed by atoms with E-state index in [1.165, 1.54) is 11.3 Å². The first-order chi connectivity index (χ1) is 11.6. The van der Waals surface area contributed by atoms with E-state index in [2.05, 4.69) is 6.92 Å². The van der Waals surface area contributed by atoms with Gasteiger partial charge in [0.1, 0.15) is 0 Å². The van der Waals surface area contributed by atoms with Crippen molar-refractivity contribution in [3.8, 4) is 0 Å². The first-order valence-corrected chi connectivity index (χ1v) is 9.76. The molecule has 4 nitrogen and oxygen atoms in total. The highest BCUT2D eigenvalue weighted by Gasteiger charge is 2.26. The molecule has 0 saturated carbocycles. The summed E-state index contributed by atoms with van der Waals surface area (Å²) in [6.45, 7) is 5.48. The van der Waals surface area contributed by atoms with Crippen LogP contribution in [0.1, 0.15) is 44.6 Å². The lowest BCUT2D eigenvalue weighted by Gasteiger charge is -2.23. The largest absolute Gasteiger partial charge is 0.376 e. The Morgan fingerprint density at radius 3 is 3.04 bits per heavy atom. The third-order valence-electron chi connectivity index (χ3n) is 4.33. The van der Waals surface area contributed by atoms with E-state index in [0.29, 0.717) is 18.0 Å². The Hall–Kier alpha value is -1.17. The van der Waals surface area contributed by atoms with Gasteiger partial charge in [0.25, 0.3) is 0 Å². The number of anilines is 1. The van der Waals surface area contributed by atoms with E-state index in [-0.39, 0.29) is 12.0 Å². The SMILES string of the molecule is CCCCC(=O)N(CC1CCCO1)c1nc2c(C)cc(Cl)cc2s1. The van der Waals surface area contributed by atoms with Gasteiger partial charge in [-0.3, -0.25) is 9.69 Å². The van der Waals surface area contributed by atoms with Crippen LogP contribution in [0.25, 0.3) is 10.2 Å². The molecule has 24 heavy (non-hydrogen) atoms. The zero-order chi connectivity index (χ0) is 17.1. The topological polar surface area (TPSA) is 42.4 Å². The number of unbranched alkanes of at least 4 members (excludes halogenated alkanes) is 1. The Balaban J connectivity index is 1.91. The fraction of sp³-hybridized carbons (Fsp3) is 0.556. The number of hydrogen-bond acceptors (Lipinski definition) is 4. The molecule has 0 radical (unpaired) electrons. The number of ether oxygens (including phenoxy) is 1. The molecule has 1 aromatic carbocycles. The average Bonchev–Trinajstić information content (AvgIpc) is 3.19. The molecule has 130 valence electrons. The highest BCUT2D eigenvalue weighted by atomic mass is 35.5. The molecule has 1 atom stereocenters. The van der Waals surface area contributed by atoms with Gasteiger partial charge in [0.15, 0.2) is 5.13 Å². The van der Waals surface area contributed by atoms with E-state index >= 15 is 0 Å². The van der Waals surface area contributed by atoms with Crippen molar-refractivity contribution in [2.75, 3.05) is 18.1 Å². The zero-order valence-corrected chi connectivity index (χ0v) is 15.8. The Morgan fingerprint density at radius 2 is 2.33 bits per heavy atom. The summed E-state index contributed by atoms with van der Waals surface area (Å²) in [6.07, 6.45) is 4.65. The number of halogens is 1. The van der Waals surface area contributed by atoms with Crippen LogP contribution >= 0.6 is 22.9 Å². The van der Waals surface area contributed by atoms with E-state index in [1.807, 2.05) is 24.0 Å². The third kappa shape index (κ3) is 3.90. The molecule has 2 aromatic rings. The smallest absolute Gasteiger partial charge is 0.228 e. The normalized spacial score (nSPS) is 17.5. The summed E-state index contributed by atoms with van der Waals surface area (Å²) in [6, 6.07) is 3.84. The molecule has 3 rings (SSSR count). The molecule has 0 spiro atoms. The van der Waals surface area contributed by atoms with Crippen molar-refractivity contribution in [1.82, 2.24) is 4.98 Å². The molecule has 1 aromatic heterocycles. The van der Waals surface area contributed by atoms with Gasteiger partial charge in [0.05, 0.1) is 22.9 Å². The van der Waals surface area contributed by atoms with Crippen molar-refractivity contribution in [3.63, 3.8) is 0 Å². The number of nitrogens with zero attached hydrogens (tertiary/aromatic N) is 2. The lowest BCUT2D eigenvalue weighted by atomic mass is 10.2. The van der Waals surface area contributed by atoms with Crippen molar-refractivity contribution in [1.29, 1.82) is 0 Å². The molecule has 2 heterocycles. The van der Waals surface area contributed by atoms with E-state index < -0.39 is 0 Å². The van der Waals surface area contributed by atoms with Crippen LogP contribution in [0.2, 0.25) is 5.02 Å². The fourth-order valence-electron chi connectivity index (χ4n) is 3.00. The number of fused-ring (bicyclic) bond motifs is 1. The first kappa shape index (κ1) is 17.6. The van der Waals surface area contributed by atoms with Gasteiger partial charge in [-0.15, -0.1) is 0 Å². The second kappa shape index (κ2) is 7.81. The quantitative estimate of drug-likeness (QED) is 0.725. The number of rotatable bonds is 6. The molecule has 1 aliphatic rings. The lowest BCUT2D eigenvalue weighted by Crippen LogP contribution is -2.37. The molecular weight excluding hydrogens is 344 g/mol. The van der Waals surface area contributed by atoms with Crippen LogP contribution < -0.4 is 4.90 Å². The van der Waals surface area contributed by atoms with Crippen LogP contribution in [0.3, 0.4) is 0 Å². The second-order valence-electron chi connectivity index (χ2n) is 6.31. The van der Waals surface area contributed by atoms with Gasteiger partial charge in [-0.05, 0) is 43.9 Å². The molecular formula is C18H23ClN2O2S. The minimum absolute atomic E-state index is 0.118. The van der Waals surface area contributed by atoms with Crippen molar-refractivity contribution < 1.29 is 9.53 Å². The number of carbonyl (C=O) groups excluding carboxylic acids is 1. The molecule has 1 saturated heterocycles. The number of thiazole rings is 1. The summed E-state index contributed by atoms with van der Waals surface area (Å²) < 4.78 is 6.76. The molecule has 6 heteroatoms. The van der Waals surface area contributed by atoms with Crippen LogP contribution in [0.15, 0.2) is 12.1 Å². The van der Waals surface area contributed by atoms with Crippen molar-refractivity contribution in [2.45, 2.75) is 52.1 Å². The fourth-order valence-corrected chi connectivity index (χ4v) is 4.45. The number of carbonyl (C=O) groups is 1. The maximum Gasteiger partial charge on any atom is 0.228 e. The maximum atomic E-state index is 12.7. The van der Waals surface area contributed by atoms with E-state index in [0.717, 1.165) is 53.2 Å². The zero-order valence-electron chi connectivity index (χ0n) is 14.2. The van der Waals surface area contributed by atoms with Crippen molar-refractivity contribution in [3.05, 3.63) is 22.7 Å². The van der Waals surface area contributed by atoms with Gasteiger partial charge < -0.3 is 4.74 Å². The highest BCUT2D eigenvalue weighted by Crippen LogP contribution is 2.34. The second-order valence-corrected chi connectivity index (χ2v) is 7.75. The minimum Gasteiger partial charge on any atom is -0.376 e. The maximum absolute atomic E-state index is 12.7. The summed E-state index contributed by atoms with van der Waals surface area (Å²) in [5.74, 6) is 0.134. The van der Waals surface area contributed by atoms with Gasteiger partial charge in [-0.1, -0.05) is 36.3 Å². The van der Waals surface area contributed by atoms with E-state index in [1.54, 1.807) is 0 Å². The molecule has 1 fully saturated rings. The van der Waals surface area contributed by atoms with Gasteiger partial charge in [-0.2, -0.15) is 0 Å². The molecule has 0 N–H and O–H groups in total. The van der Waals surface area contributed by atoms with Crippen molar-refractivity contribution in [2.24, 2.45) is 0 Å². The molecule has 1 aliphatic heterocycles. The first-order valence-electron chi connectivity index (χ1n) is 8.57. The molecule has 1 amide bonds. The van der Waals surface area contributed by atoms with Crippen LogP contribution in [0.4, 0.5) is 5.13 Å². The molecule has 0 bridgehead atoms. The van der Waals surface area contributed by atoms with Gasteiger partial charge >= 0.3 is 0 Å². The Morgan fingerprint density at radius 1 is 1.50 bits per heavy atom. The predicted octanol–water partition coefficient (Wildman–Crippen LogP) is 4.96. The highest BCUT2D eigenvalue weighted by molar-refractivity contribution is 7.22. The third-order valence-corrected chi connectivity index (χ3v) is 5.57. The van der Waals surface area contributed by atoms with Gasteiger partial charge in [-0.25, -0.2) is 4.98 Å². The summed E-state index contributed by atoms with van der Waals surface area (Å²) in [5, 5.41) is 1.46. The number of hydrogen-bond donors (Lipinski definition) is 0. The molecule has 0 aliphatic carbocycles. The van der Waals surface area contributed by atoms with Gasteiger partial charge in [0, 0.05) is 18.1 Å². The Kier molecular flexibility index (Phi) is 5.74. The van der Waals surface area contributed by atoms with Gasteiger partial charge in [0.2, 0.25) is 5.91 Å². The summed E-state index contributed by atoms with van der Waals surface area (Å²) in [5.41, 5.74) is 1.97. The molecule has 1 unspecified atom stereocenters. The number of aromatic nitrogens is 1. The van der Waals surface area contributed by atoms with E-state index in [4.69, 9.17) is 21.3 Å². The monoisotopic (exact) mass is 366 g/mol. The minimum atomic E-state index is 0.118. The lowest BCUT2D eigenvalue weighted by molar-refractivity contribution is -0.119.